The van der Waals surface area contributed by atoms with E-state index in [0.717, 1.165) is 0 Å². The predicted octanol–water partition coefficient (Wildman–Crippen LogP) is 0.750. The normalized spacial score (nSPS) is 11.6. The van der Waals surface area contributed by atoms with Gasteiger partial charge in [0.25, 0.3) is 0 Å². The lowest BCUT2D eigenvalue weighted by atomic mass is 10.2. The number of urea groups is 1. The molecule has 0 fully saturated rings. The Hall–Kier alpha value is -1.44. The first kappa shape index (κ1) is 19.6. The molecule has 122 valence electrons. The molecule has 3 amide bonds. The maximum atomic E-state index is 11.7. The second kappa shape index (κ2) is 11.2. The van der Waals surface area contributed by atoms with E-state index < -0.39 is 18.0 Å². The Bertz CT molecular complexity index is 348. The molecule has 0 aromatic rings. The summed E-state index contributed by atoms with van der Waals surface area (Å²) < 4.78 is 0. The molecule has 0 saturated carbocycles. The van der Waals surface area contributed by atoms with Crippen molar-refractivity contribution < 1.29 is 19.5 Å². The molecule has 0 saturated heterocycles. The topological polar surface area (TPSA) is 98.7 Å². The minimum absolute atomic E-state index is 0.0301. The smallest absolute Gasteiger partial charge is 0.326 e. The number of carboxylic acid groups (broad SMARTS) is 1. The minimum Gasteiger partial charge on any atom is -0.480 e. The van der Waals surface area contributed by atoms with E-state index in [0.29, 0.717) is 25.3 Å². The van der Waals surface area contributed by atoms with Gasteiger partial charge in [-0.25, -0.2) is 9.59 Å². The number of rotatable bonds is 10. The molecule has 0 aliphatic rings. The lowest BCUT2D eigenvalue weighted by Gasteiger charge is -2.19. The summed E-state index contributed by atoms with van der Waals surface area (Å²) in [6.45, 7) is 5.25. The Balaban J connectivity index is 4.08. The SMILES string of the molecule is CCN(CC)C(=O)CCNC(=O)N[C@@H](CCSC)C(=O)O. The monoisotopic (exact) mass is 319 g/mol. The van der Waals surface area contributed by atoms with Crippen LogP contribution in [-0.2, 0) is 9.59 Å². The maximum Gasteiger partial charge on any atom is 0.326 e. The van der Waals surface area contributed by atoms with Crippen LogP contribution in [0.1, 0.15) is 26.7 Å². The predicted molar refractivity (Wildman–Crippen MR) is 83.5 cm³/mol. The van der Waals surface area contributed by atoms with Crippen LogP contribution in [0.3, 0.4) is 0 Å². The molecule has 0 spiro atoms. The van der Waals surface area contributed by atoms with E-state index >= 15 is 0 Å². The van der Waals surface area contributed by atoms with Gasteiger partial charge in [-0.3, -0.25) is 4.79 Å². The van der Waals surface area contributed by atoms with Crippen molar-refractivity contribution in [3.63, 3.8) is 0 Å². The van der Waals surface area contributed by atoms with Crippen molar-refractivity contribution in [2.45, 2.75) is 32.7 Å². The zero-order chi connectivity index (χ0) is 16.3. The van der Waals surface area contributed by atoms with Gasteiger partial charge in [0.15, 0.2) is 0 Å². The van der Waals surface area contributed by atoms with E-state index in [9.17, 15) is 14.4 Å². The van der Waals surface area contributed by atoms with Crippen molar-refractivity contribution >= 4 is 29.7 Å². The molecule has 0 unspecified atom stereocenters. The molecule has 0 aromatic carbocycles. The second-order valence-corrected chi connectivity index (χ2v) is 5.37. The van der Waals surface area contributed by atoms with E-state index in [1.807, 2.05) is 20.1 Å². The third-order valence-electron chi connectivity index (χ3n) is 2.95. The van der Waals surface area contributed by atoms with Gasteiger partial charge < -0.3 is 20.6 Å². The lowest BCUT2D eigenvalue weighted by molar-refractivity contribution is -0.139. The molecule has 8 heteroatoms. The van der Waals surface area contributed by atoms with E-state index in [-0.39, 0.29) is 18.9 Å². The van der Waals surface area contributed by atoms with Gasteiger partial charge in [-0.1, -0.05) is 0 Å². The van der Waals surface area contributed by atoms with Crippen molar-refractivity contribution in [2.24, 2.45) is 0 Å². The highest BCUT2D eigenvalue weighted by Crippen LogP contribution is 2.01. The van der Waals surface area contributed by atoms with E-state index in [4.69, 9.17) is 5.11 Å². The Morgan fingerprint density at radius 1 is 1.24 bits per heavy atom. The van der Waals surface area contributed by atoms with Crippen LogP contribution >= 0.6 is 11.8 Å². The summed E-state index contributed by atoms with van der Waals surface area (Å²) in [7, 11) is 0. The van der Waals surface area contributed by atoms with Crippen LogP contribution in [0.2, 0.25) is 0 Å². The number of hydrogen-bond donors (Lipinski definition) is 3. The molecule has 0 rings (SSSR count). The van der Waals surface area contributed by atoms with Gasteiger partial charge in [-0.2, -0.15) is 11.8 Å². The molecule has 21 heavy (non-hydrogen) atoms. The van der Waals surface area contributed by atoms with Gasteiger partial charge in [-0.15, -0.1) is 0 Å². The number of carbonyl (C=O) groups is 3. The standard InChI is InChI=1S/C13H25N3O4S/c1-4-16(5-2)11(17)6-8-14-13(20)15-10(12(18)19)7-9-21-3/h10H,4-9H2,1-3H3,(H,18,19)(H2,14,15,20)/t10-/m0/s1. The second-order valence-electron chi connectivity index (χ2n) is 4.39. The molecular weight excluding hydrogens is 294 g/mol. The average molecular weight is 319 g/mol. The third kappa shape index (κ3) is 8.44. The lowest BCUT2D eigenvalue weighted by Crippen LogP contribution is -2.47. The fourth-order valence-electron chi connectivity index (χ4n) is 1.72. The summed E-state index contributed by atoms with van der Waals surface area (Å²) in [6.07, 6.45) is 2.44. The van der Waals surface area contributed by atoms with Crippen LogP contribution in [0.4, 0.5) is 4.79 Å². The number of amides is 3. The van der Waals surface area contributed by atoms with Crippen LogP contribution < -0.4 is 10.6 Å². The van der Waals surface area contributed by atoms with E-state index in [2.05, 4.69) is 10.6 Å². The Kier molecular flexibility index (Phi) is 10.5. The molecule has 0 aliphatic carbocycles. The van der Waals surface area contributed by atoms with Crippen LogP contribution in [0.15, 0.2) is 0 Å². The number of carbonyl (C=O) groups excluding carboxylic acids is 2. The molecular formula is C13H25N3O4S. The van der Waals surface area contributed by atoms with Gasteiger partial charge in [0.2, 0.25) is 5.91 Å². The molecule has 0 bridgehead atoms. The molecule has 0 aliphatic heterocycles. The van der Waals surface area contributed by atoms with Gasteiger partial charge >= 0.3 is 12.0 Å². The average Bonchev–Trinajstić information content (AvgIpc) is 2.44. The first-order valence-corrected chi connectivity index (χ1v) is 8.39. The van der Waals surface area contributed by atoms with Gasteiger partial charge in [0.1, 0.15) is 6.04 Å². The summed E-state index contributed by atoms with van der Waals surface area (Å²) in [5.74, 6) is -0.437. The third-order valence-corrected chi connectivity index (χ3v) is 3.60. The summed E-state index contributed by atoms with van der Waals surface area (Å²) in [4.78, 5) is 36.0. The summed E-state index contributed by atoms with van der Waals surface area (Å²) in [5.41, 5.74) is 0. The van der Waals surface area contributed by atoms with Crippen molar-refractivity contribution in [1.82, 2.24) is 15.5 Å². The fraction of sp³-hybridized carbons (Fsp3) is 0.769. The highest BCUT2D eigenvalue weighted by Gasteiger charge is 2.19. The Morgan fingerprint density at radius 2 is 1.86 bits per heavy atom. The highest BCUT2D eigenvalue weighted by atomic mass is 32.2. The van der Waals surface area contributed by atoms with Crippen LogP contribution in [0, 0.1) is 0 Å². The van der Waals surface area contributed by atoms with Gasteiger partial charge in [-0.05, 0) is 32.3 Å². The Labute approximate surface area is 129 Å². The number of nitrogens with one attached hydrogen (secondary N) is 2. The number of nitrogens with zero attached hydrogens (tertiary/aromatic N) is 1. The van der Waals surface area contributed by atoms with E-state index in [1.165, 1.54) is 11.8 Å². The number of aliphatic carboxylic acids is 1. The molecule has 7 nitrogen and oxygen atoms in total. The van der Waals surface area contributed by atoms with Crippen molar-refractivity contribution in [1.29, 1.82) is 0 Å². The van der Waals surface area contributed by atoms with Gasteiger partial charge in [0.05, 0.1) is 0 Å². The molecule has 3 N–H and O–H groups in total. The highest BCUT2D eigenvalue weighted by molar-refractivity contribution is 7.98. The first-order chi connectivity index (χ1) is 9.96. The number of thioether (sulfide) groups is 1. The number of carboxylic acids is 1. The summed E-state index contributed by atoms with van der Waals surface area (Å²) >= 11 is 1.52. The fourth-order valence-corrected chi connectivity index (χ4v) is 2.19. The maximum absolute atomic E-state index is 11.7. The van der Waals surface area contributed by atoms with E-state index in [1.54, 1.807) is 4.90 Å². The Morgan fingerprint density at radius 3 is 2.33 bits per heavy atom. The molecule has 1 atom stereocenters. The van der Waals surface area contributed by atoms with Crippen molar-refractivity contribution in [3.8, 4) is 0 Å². The molecule has 0 aromatic heterocycles. The van der Waals surface area contributed by atoms with Crippen LogP contribution in [0.25, 0.3) is 0 Å². The van der Waals surface area contributed by atoms with Crippen LogP contribution in [-0.4, -0.2) is 65.6 Å². The zero-order valence-corrected chi connectivity index (χ0v) is 13.7. The largest absolute Gasteiger partial charge is 0.480 e. The zero-order valence-electron chi connectivity index (χ0n) is 12.8. The summed E-state index contributed by atoms with van der Waals surface area (Å²) in [6, 6.07) is -1.47. The van der Waals surface area contributed by atoms with Gasteiger partial charge in [0, 0.05) is 26.1 Å². The molecule has 0 radical (unpaired) electrons. The van der Waals surface area contributed by atoms with Crippen LogP contribution in [0.5, 0.6) is 0 Å². The quantitative estimate of drug-likeness (QED) is 0.552. The minimum atomic E-state index is -1.06. The summed E-state index contributed by atoms with van der Waals surface area (Å²) in [5, 5.41) is 13.9. The molecule has 0 heterocycles. The number of hydrogen-bond acceptors (Lipinski definition) is 4. The van der Waals surface area contributed by atoms with Crippen molar-refractivity contribution in [2.75, 3.05) is 31.6 Å². The van der Waals surface area contributed by atoms with Crippen molar-refractivity contribution in [3.05, 3.63) is 0 Å². The first-order valence-electron chi connectivity index (χ1n) is 7.00.